The van der Waals surface area contributed by atoms with E-state index in [0.717, 1.165) is 35.5 Å². The van der Waals surface area contributed by atoms with Crippen LogP contribution in [0.15, 0.2) is 24.3 Å². The maximum atomic E-state index is 11.8. The summed E-state index contributed by atoms with van der Waals surface area (Å²) >= 11 is 1.93. The molecule has 182 valence electrons. The first kappa shape index (κ1) is 25.8. The van der Waals surface area contributed by atoms with Gasteiger partial charge in [-0.1, -0.05) is 65.2 Å². The molecular weight excluding hydrogens is 430 g/mol. The molecular formula is C27H41N3O2S. The number of benzene rings is 1. The molecule has 2 heterocycles. The molecule has 1 saturated heterocycles. The minimum absolute atomic E-state index is 0.0543. The average molecular weight is 472 g/mol. The van der Waals surface area contributed by atoms with Crippen molar-refractivity contribution in [3.63, 3.8) is 0 Å². The van der Waals surface area contributed by atoms with E-state index in [0.29, 0.717) is 11.7 Å². The Balaban J connectivity index is 0.000000196. The van der Waals surface area contributed by atoms with Crippen LogP contribution in [0.4, 0.5) is 0 Å². The van der Waals surface area contributed by atoms with E-state index < -0.39 is 0 Å². The summed E-state index contributed by atoms with van der Waals surface area (Å²) in [6, 6.07) is 8.47. The van der Waals surface area contributed by atoms with Crippen molar-refractivity contribution in [3.05, 3.63) is 30.0 Å². The number of Topliss-reactive ketones (excluding diaryl/α,β-unsaturated/α-hetero) is 1. The highest BCUT2D eigenvalue weighted by Gasteiger charge is 2.28. The summed E-state index contributed by atoms with van der Waals surface area (Å²) in [5.74, 6) is 3.35. The van der Waals surface area contributed by atoms with Gasteiger partial charge in [-0.05, 0) is 42.4 Å². The van der Waals surface area contributed by atoms with Crippen molar-refractivity contribution in [3.8, 4) is 0 Å². The van der Waals surface area contributed by atoms with Crippen LogP contribution in [0.5, 0.6) is 0 Å². The zero-order valence-corrected chi connectivity index (χ0v) is 21.8. The Labute approximate surface area is 203 Å². The normalized spacial score (nSPS) is 20.2. The maximum absolute atomic E-state index is 11.8. The van der Waals surface area contributed by atoms with Gasteiger partial charge in [-0.2, -0.15) is 16.9 Å². The van der Waals surface area contributed by atoms with E-state index in [1.54, 1.807) is 6.92 Å². The topological polar surface area (TPSA) is 64.0 Å². The Hall–Kier alpha value is -1.82. The van der Waals surface area contributed by atoms with Crippen molar-refractivity contribution in [2.24, 2.45) is 17.3 Å². The molecule has 5 nitrogen and oxygen atoms in total. The number of rotatable bonds is 5. The van der Waals surface area contributed by atoms with E-state index in [1.165, 1.54) is 37.9 Å². The van der Waals surface area contributed by atoms with Crippen LogP contribution in [0.25, 0.3) is 10.9 Å². The second-order valence-corrected chi connectivity index (χ2v) is 11.9. The molecule has 2 fully saturated rings. The molecule has 6 heteroatoms. The number of nitrogens with one attached hydrogen (secondary N) is 1. The number of hydrogen-bond acceptors (Lipinski definition) is 4. The number of hydrogen-bond donors (Lipinski definition) is 1. The zero-order chi connectivity index (χ0) is 24.0. The summed E-state index contributed by atoms with van der Waals surface area (Å²) in [5, 5.41) is 8.67. The van der Waals surface area contributed by atoms with Crippen LogP contribution >= 0.6 is 11.8 Å². The monoisotopic (exact) mass is 471 g/mol. The maximum Gasteiger partial charge on any atom is 0.223 e. The summed E-state index contributed by atoms with van der Waals surface area (Å²) in [5.41, 5.74) is 1.78. The van der Waals surface area contributed by atoms with Crippen LogP contribution in [-0.2, 0) is 11.3 Å². The van der Waals surface area contributed by atoms with Crippen molar-refractivity contribution < 1.29 is 9.59 Å². The van der Waals surface area contributed by atoms with Crippen LogP contribution < -0.4 is 5.32 Å². The first-order chi connectivity index (χ1) is 15.7. The van der Waals surface area contributed by atoms with Crippen molar-refractivity contribution >= 4 is 34.4 Å². The van der Waals surface area contributed by atoms with Crippen molar-refractivity contribution in [1.82, 2.24) is 15.1 Å². The second kappa shape index (κ2) is 11.5. The quantitative estimate of drug-likeness (QED) is 0.534. The molecule has 1 aliphatic carbocycles. The Bertz CT molecular complexity index is 934. The van der Waals surface area contributed by atoms with Crippen molar-refractivity contribution in [1.29, 1.82) is 0 Å². The highest BCUT2D eigenvalue weighted by atomic mass is 32.2. The van der Waals surface area contributed by atoms with Gasteiger partial charge in [-0.15, -0.1) is 0 Å². The predicted octanol–water partition coefficient (Wildman–Crippen LogP) is 6.11. The molecule has 33 heavy (non-hydrogen) atoms. The molecule has 1 aromatic heterocycles. The van der Waals surface area contributed by atoms with Gasteiger partial charge in [0.2, 0.25) is 5.91 Å². The molecule has 1 amide bonds. The first-order valence-corrected chi connectivity index (χ1v) is 13.7. The molecule has 1 aromatic carbocycles. The van der Waals surface area contributed by atoms with Crippen LogP contribution in [0.1, 0.15) is 83.6 Å². The van der Waals surface area contributed by atoms with Gasteiger partial charge in [-0.3, -0.25) is 14.3 Å². The van der Waals surface area contributed by atoms with Gasteiger partial charge in [0.05, 0.1) is 5.52 Å². The Kier molecular flexibility index (Phi) is 9.02. The van der Waals surface area contributed by atoms with Gasteiger partial charge >= 0.3 is 0 Å². The third-order valence-corrected chi connectivity index (χ3v) is 8.28. The minimum Gasteiger partial charge on any atom is -0.352 e. The zero-order valence-electron chi connectivity index (χ0n) is 21.0. The molecule has 1 saturated carbocycles. The standard InChI is InChI=1S/C16H20N2O.C11H21NOS/c1-12(19)16-14-9-5-6-10-15(14)18(17-16)11-13-7-3-2-4-8-13;1-8(11(2,3)4)10(13)12-9-5-6-14-7-9/h5-6,9-10,13H,2-4,7-8,11H2,1H3;8-9H,5-7H2,1-4H3,(H,12,13). The van der Waals surface area contributed by atoms with Crippen molar-refractivity contribution in [2.75, 3.05) is 11.5 Å². The van der Waals surface area contributed by atoms with Gasteiger partial charge in [0.25, 0.3) is 0 Å². The van der Waals surface area contributed by atoms with Crippen LogP contribution in [0.2, 0.25) is 0 Å². The first-order valence-electron chi connectivity index (χ1n) is 12.5. The summed E-state index contributed by atoms with van der Waals surface area (Å²) in [6.45, 7) is 10.9. The lowest BCUT2D eigenvalue weighted by atomic mass is 9.81. The highest BCUT2D eigenvalue weighted by Crippen LogP contribution is 2.28. The van der Waals surface area contributed by atoms with Gasteiger partial charge in [0, 0.05) is 36.6 Å². The number of thioether (sulfide) groups is 1. The molecule has 2 unspecified atom stereocenters. The number of fused-ring (bicyclic) bond motifs is 1. The third kappa shape index (κ3) is 7.08. The average Bonchev–Trinajstić information content (AvgIpc) is 3.42. The fraction of sp³-hybridized carbons (Fsp3) is 0.667. The molecule has 1 aliphatic heterocycles. The number of carbonyl (C=O) groups excluding carboxylic acids is 2. The summed E-state index contributed by atoms with van der Waals surface area (Å²) in [7, 11) is 0. The lowest BCUT2D eigenvalue weighted by Gasteiger charge is -2.27. The Morgan fingerprint density at radius 1 is 1.15 bits per heavy atom. The van der Waals surface area contributed by atoms with E-state index in [1.807, 2.05) is 41.6 Å². The molecule has 0 radical (unpaired) electrons. The van der Waals surface area contributed by atoms with Gasteiger partial charge < -0.3 is 5.32 Å². The van der Waals surface area contributed by atoms with Crippen LogP contribution in [0, 0.1) is 17.3 Å². The third-order valence-electron chi connectivity index (χ3n) is 7.12. The van der Waals surface area contributed by atoms with E-state index in [-0.39, 0.29) is 23.0 Å². The van der Waals surface area contributed by atoms with Crippen molar-refractivity contribution in [2.45, 2.75) is 85.7 Å². The Morgan fingerprint density at radius 2 is 1.85 bits per heavy atom. The van der Waals surface area contributed by atoms with Crippen LogP contribution in [-0.4, -0.2) is 39.0 Å². The SMILES string of the molecule is CC(=O)c1nn(CC2CCCCC2)c2ccccc12.CC(C(=O)NC1CCSC1)C(C)(C)C. The predicted molar refractivity (Wildman–Crippen MR) is 139 cm³/mol. The fourth-order valence-corrected chi connectivity index (χ4v) is 5.66. The second-order valence-electron chi connectivity index (χ2n) is 10.8. The largest absolute Gasteiger partial charge is 0.352 e. The lowest BCUT2D eigenvalue weighted by Crippen LogP contribution is -2.41. The smallest absolute Gasteiger partial charge is 0.223 e. The number of para-hydroxylation sites is 1. The lowest BCUT2D eigenvalue weighted by molar-refractivity contribution is -0.128. The molecule has 2 aromatic rings. The van der Waals surface area contributed by atoms with E-state index >= 15 is 0 Å². The number of carbonyl (C=O) groups is 2. The molecule has 4 rings (SSSR count). The summed E-state index contributed by atoms with van der Waals surface area (Å²) < 4.78 is 2.04. The fourth-order valence-electron chi connectivity index (χ4n) is 4.51. The number of nitrogens with zero attached hydrogens (tertiary/aromatic N) is 2. The Morgan fingerprint density at radius 3 is 2.45 bits per heavy atom. The molecule has 2 aliphatic rings. The molecule has 0 bridgehead atoms. The number of ketones is 1. The minimum atomic E-state index is 0.0543. The summed E-state index contributed by atoms with van der Waals surface area (Å²) in [6.07, 6.45) is 7.77. The molecule has 1 N–H and O–H groups in total. The van der Waals surface area contributed by atoms with E-state index in [9.17, 15) is 9.59 Å². The number of aromatic nitrogens is 2. The summed E-state index contributed by atoms with van der Waals surface area (Å²) in [4.78, 5) is 23.5. The van der Waals surface area contributed by atoms with Gasteiger partial charge in [0.15, 0.2) is 5.78 Å². The van der Waals surface area contributed by atoms with Gasteiger partial charge in [-0.25, -0.2) is 0 Å². The highest BCUT2D eigenvalue weighted by molar-refractivity contribution is 7.99. The molecule has 0 spiro atoms. The van der Waals surface area contributed by atoms with Gasteiger partial charge in [0.1, 0.15) is 5.69 Å². The van der Waals surface area contributed by atoms with E-state index in [4.69, 9.17) is 0 Å². The van der Waals surface area contributed by atoms with Crippen LogP contribution in [0.3, 0.4) is 0 Å². The molecule has 2 atom stereocenters. The van der Waals surface area contributed by atoms with E-state index in [2.05, 4.69) is 37.3 Å². The number of amides is 1.